The van der Waals surface area contributed by atoms with Gasteiger partial charge >= 0.3 is 0 Å². The molecule has 21 heavy (non-hydrogen) atoms. The van der Waals surface area contributed by atoms with Crippen molar-refractivity contribution >= 4 is 11.6 Å². The molecule has 3 heteroatoms. The number of aryl methyl sites for hydroxylation is 1. The molecule has 0 aliphatic heterocycles. The average Bonchev–Trinajstić information content (AvgIpc) is 2.49. The minimum Gasteiger partial charge on any atom is -0.325 e. The van der Waals surface area contributed by atoms with Gasteiger partial charge in [-0.25, -0.2) is 0 Å². The SMILES string of the molecule is Cc1ccc(NC(=O)C(C)N(C)Cc2ccccc2)cc1. The molecular weight excluding hydrogens is 260 g/mol. The fraction of sp³-hybridized carbons (Fsp3) is 0.278. The van der Waals surface area contributed by atoms with Gasteiger partial charge in [0.15, 0.2) is 0 Å². The van der Waals surface area contributed by atoms with Crippen molar-refractivity contribution in [2.75, 3.05) is 12.4 Å². The molecule has 1 amide bonds. The first-order valence-electron chi connectivity index (χ1n) is 7.18. The van der Waals surface area contributed by atoms with Gasteiger partial charge in [0.25, 0.3) is 0 Å². The number of carbonyl (C=O) groups is 1. The van der Waals surface area contributed by atoms with E-state index in [9.17, 15) is 4.79 Å². The molecule has 2 aromatic carbocycles. The molecule has 0 saturated carbocycles. The Kier molecular flexibility index (Phi) is 5.12. The molecule has 110 valence electrons. The minimum atomic E-state index is -0.188. The molecule has 2 rings (SSSR count). The van der Waals surface area contributed by atoms with E-state index in [2.05, 4.69) is 17.4 Å². The van der Waals surface area contributed by atoms with Crippen LogP contribution in [0.4, 0.5) is 5.69 Å². The summed E-state index contributed by atoms with van der Waals surface area (Å²) in [5, 5.41) is 2.95. The lowest BCUT2D eigenvalue weighted by atomic mass is 10.2. The van der Waals surface area contributed by atoms with Gasteiger partial charge in [0.2, 0.25) is 5.91 Å². The van der Waals surface area contributed by atoms with Gasteiger partial charge in [0, 0.05) is 12.2 Å². The number of amides is 1. The van der Waals surface area contributed by atoms with Crippen LogP contribution in [0.15, 0.2) is 54.6 Å². The first-order chi connectivity index (χ1) is 10.1. The molecule has 0 aromatic heterocycles. The number of anilines is 1. The minimum absolute atomic E-state index is 0.0114. The highest BCUT2D eigenvalue weighted by Gasteiger charge is 2.18. The summed E-state index contributed by atoms with van der Waals surface area (Å²) in [5.41, 5.74) is 3.22. The summed E-state index contributed by atoms with van der Waals surface area (Å²) in [7, 11) is 1.96. The standard InChI is InChI=1S/C18H22N2O/c1-14-9-11-17(12-10-14)19-18(21)15(2)20(3)13-16-7-5-4-6-8-16/h4-12,15H,13H2,1-3H3,(H,19,21). The van der Waals surface area contributed by atoms with E-state index >= 15 is 0 Å². The highest BCUT2D eigenvalue weighted by atomic mass is 16.2. The number of carbonyl (C=O) groups excluding carboxylic acids is 1. The number of hydrogen-bond acceptors (Lipinski definition) is 2. The molecule has 2 aromatic rings. The molecule has 0 bridgehead atoms. The molecule has 0 heterocycles. The summed E-state index contributed by atoms with van der Waals surface area (Å²) in [5.74, 6) is 0.0114. The Hall–Kier alpha value is -2.13. The van der Waals surface area contributed by atoms with E-state index in [1.165, 1.54) is 11.1 Å². The Labute approximate surface area is 126 Å². The second-order valence-corrected chi connectivity index (χ2v) is 5.43. The van der Waals surface area contributed by atoms with Crippen LogP contribution in [0.25, 0.3) is 0 Å². The average molecular weight is 282 g/mol. The van der Waals surface area contributed by atoms with Gasteiger partial charge in [0.05, 0.1) is 6.04 Å². The van der Waals surface area contributed by atoms with Crippen molar-refractivity contribution in [2.45, 2.75) is 26.4 Å². The van der Waals surface area contributed by atoms with Crippen LogP contribution < -0.4 is 5.32 Å². The normalized spacial score (nSPS) is 12.2. The molecule has 3 nitrogen and oxygen atoms in total. The molecular formula is C18H22N2O. The third kappa shape index (κ3) is 4.43. The van der Waals surface area contributed by atoms with Gasteiger partial charge in [-0.2, -0.15) is 0 Å². The number of nitrogens with one attached hydrogen (secondary N) is 1. The third-order valence-electron chi connectivity index (χ3n) is 3.63. The van der Waals surface area contributed by atoms with Crippen LogP contribution in [-0.2, 0) is 11.3 Å². The quantitative estimate of drug-likeness (QED) is 0.911. The predicted octanol–water partition coefficient (Wildman–Crippen LogP) is 3.45. The molecule has 0 spiro atoms. The summed E-state index contributed by atoms with van der Waals surface area (Å²) in [6.45, 7) is 4.71. The zero-order valence-electron chi connectivity index (χ0n) is 12.8. The highest BCUT2D eigenvalue weighted by molar-refractivity contribution is 5.94. The Bertz CT molecular complexity index is 578. The van der Waals surface area contributed by atoms with Crippen LogP contribution in [-0.4, -0.2) is 23.9 Å². The van der Waals surface area contributed by atoms with Crippen LogP contribution in [0.3, 0.4) is 0 Å². The topological polar surface area (TPSA) is 32.3 Å². The van der Waals surface area contributed by atoms with E-state index < -0.39 is 0 Å². The van der Waals surface area contributed by atoms with Crippen LogP contribution in [0.5, 0.6) is 0 Å². The maximum Gasteiger partial charge on any atom is 0.241 e. The summed E-state index contributed by atoms with van der Waals surface area (Å²) in [4.78, 5) is 14.3. The molecule has 1 unspecified atom stereocenters. The van der Waals surface area contributed by atoms with Gasteiger partial charge in [-0.1, -0.05) is 48.0 Å². The first kappa shape index (κ1) is 15.3. The predicted molar refractivity (Wildman–Crippen MR) is 87.2 cm³/mol. The summed E-state index contributed by atoms with van der Waals surface area (Å²) in [6.07, 6.45) is 0. The van der Waals surface area contributed by atoms with Crippen molar-refractivity contribution in [2.24, 2.45) is 0 Å². The van der Waals surface area contributed by atoms with Crippen molar-refractivity contribution < 1.29 is 4.79 Å². The van der Waals surface area contributed by atoms with Crippen molar-refractivity contribution in [3.8, 4) is 0 Å². The van der Waals surface area contributed by atoms with Crippen molar-refractivity contribution in [3.05, 3.63) is 65.7 Å². The number of likely N-dealkylation sites (N-methyl/N-ethyl adjacent to an activating group) is 1. The van der Waals surface area contributed by atoms with Crippen molar-refractivity contribution in [1.82, 2.24) is 4.90 Å². The van der Waals surface area contributed by atoms with Gasteiger partial charge in [-0.15, -0.1) is 0 Å². The van der Waals surface area contributed by atoms with Crippen LogP contribution in [0.1, 0.15) is 18.1 Å². The van der Waals surface area contributed by atoms with E-state index in [-0.39, 0.29) is 11.9 Å². The van der Waals surface area contributed by atoms with E-state index in [0.717, 1.165) is 12.2 Å². The highest BCUT2D eigenvalue weighted by Crippen LogP contribution is 2.11. The fourth-order valence-electron chi connectivity index (χ4n) is 2.09. The van der Waals surface area contributed by atoms with Gasteiger partial charge in [-0.3, -0.25) is 9.69 Å². The molecule has 0 aliphatic carbocycles. The maximum absolute atomic E-state index is 12.3. The smallest absolute Gasteiger partial charge is 0.241 e. The fourth-order valence-corrected chi connectivity index (χ4v) is 2.09. The largest absolute Gasteiger partial charge is 0.325 e. The van der Waals surface area contributed by atoms with Crippen LogP contribution in [0, 0.1) is 6.92 Å². The molecule has 0 fully saturated rings. The van der Waals surface area contributed by atoms with Crippen LogP contribution in [0.2, 0.25) is 0 Å². The first-order valence-corrected chi connectivity index (χ1v) is 7.18. The van der Waals surface area contributed by atoms with Crippen LogP contribution >= 0.6 is 0 Å². The molecule has 0 saturated heterocycles. The van der Waals surface area contributed by atoms with E-state index in [1.54, 1.807) is 0 Å². The van der Waals surface area contributed by atoms with E-state index in [1.807, 2.05) is 68.3 Å². The molecule has 1 N–H and O–H groups in total. The lowest BCUT2D eigenvalue weighted by Gasteiger charge is -2.24. The Balaban J connectivity index is 1.93. The number of benzene rings is 2. The lowest BCUT2D eigenvalue weighted by molar-refractivity contribution is -0.120. The van der Waals surface area contributed by atoms with Gasteiger partial charge in [0.1, 0.15) is 0 Å². The zero-order chi connectivity index (χ0) is 15.2. The Morgan fingerprint density at radius 3 is 2.33 bits per heavy atom. The van der Waals surface area contributed by atoms with Gasteiger partial charge < -0.3 is 5.32 Å². The Morgan fingerprint density at radius 1 is 1.10 bits per heavy atom. The van der Waals surface area contributed by atoms with E-state index in [4.69, 9.17) is 0 Å². The number of rotatable bonds is 5. The second kappa shape index (κ2) is 7.04. The summed E-state index contributed by atoms with van der Waals surface area (Å²) in [6, 6.07) is 17.8. The summed E-state index contributed by atoms with van der Waals surface area (Å²) >= 11 is 0. The lowest BCUT2D eigenvalue weighted by Crippen LogP contribution is -2.39. The molecule has 0 aliphatic rings. The van der Waals surface area contributed by atoms with Gasteiger partial charge in [-0.05, 0) is 38.6 Å². The second-order valence-electron chi connectivity index (χ2n) is 5.43. The van der Waals surface area contributed by atoms with Crippen molar-refractivity contribution in [3.63, 3.8) is 0 Å². The Morgan fingerprint density at radius 2 is 1.71 bits per heavy atom. The third-order valence-corrected chi connectivity index (χ3v) is 3.63. The monoisotopic (exact) mass is 282 g/mol. The summed E-state index contributed by atoms with van der Waals surface area (Å²) < 4.78 is 0. The maximum atomic E-state index is 12.3. The number of nitrogens with zero attached hydrogens (tertiary/aromatic N) is 1. The molecule has 1 atom stereocenters. The molecule has 0 radical (unpaired) electrons. The van der Waals surface area contributed by atoms with Crippen molar-refractivity contribution in [1.29, 1.82) is 0 Å². The zero-order valence-corrected chi connectivity index (χ0v) is 12.8. The number of hydrogen-bond donors (Lipinski definition) is 1. The van der Waals surface area contributed by atoms with E-state index in [0.29, 0.717) is 0 Å².